The number of amides is 1. The summed E-state index contributed by atoms with van der Waals surface area (Å²) in [5.74, 6) is -0.144. The highest BCUT2D eigenvalue weighted by Crippen LogP contribution is 2.27. The van der Waals surface area contributed by atoms with Crippen LogP contribution in [0.4, 0.5) is 5.13 Å². The molecule has 0 aliphatic carbocycles. The van der Waals surface area contributed by atoms with E-state index in [9.17, 15) is 4.79 Å². The molecular weight excluding hydrogens is 326 g/mol. The third-order valence-electron chi connectivity index (χ3n) is 3.64. The minimum absolute atomic E-state index is 0.144. The quantitative estimate of drug-likeness (QED) is 0.746. The van der Waals surface area contributed by atoms with Gasteiger partial charge in [-0.3, -0.25) is 10.1 Å². The molecule has 0 unspecified atom stereocenters. The van der Waals surface area contributed by atoms with Crippen molar-refractivity contribution in [2.45, 2.75) is 27.7 Å². The van der Waals surface area contributed by atoms with Crippen molar-refractivity contribution in [2.75, 3.05) is 5.32 Å². The Kier molecular flexibility index (Phi) is 4.28. The largest absolute Gasteiger partial charge is 0.297 e. The fourth-order valence-corrected chi connectivity index (χ4v) is 3.79. The SMILES string of the molecule is Cc1nc(C)c(C(=O)Nc2nc(-c3ccc(C)c(C)c3)cs2)s1. The van der Waals surface area contributed by atoms with E-state index in [2.05, 4.69) is 47.3 Å². The molecule has 6 heteroatoms. The molecule has 4 nitrogen and oxygen atoms in total. The van der Waals surface area contributed by atoms with Crippen LogP contribution in [0.25, 0.3) is 11.3 Å². The highest BCUT2D eigenvalue weighted by molar-refractivity contribution is 7.15. The number of thiazole rings is 2. The molecule has 0 spiro atoms. The van der Waals surface area contributed by atoms with Gasteiger partial charge in [0.25, 0.3) is 5.91 Å². The molecule has 2 aromatic heterocycles. The van der Waals surface area contributed by atoms with Crippen LogP contribution in [0.15, 0.2) is 23.6 Å². The first-order valence-corrected chi connectivity index (χ1v) is 8.92. The molecule has 3 aromatic rings. The van der Waals surface area contributed by atoms with Crippen LogP contribution in [0.2, 0.25) is 0 Å². The molecule has 0 bridgehead atoms. The molecule has 2 heterocycles. The smallest absolute Gasteiger partial charge is 0.269 e. The average molecular weight is 343 g/mol. The normalized spacial score (nSPS) is 10.8. The second kappa shape index (κ2) is 6.22. The third kappa shape index (κ3) is 3.33. The van der Waals surface area contributed by atoms with Crippen molar-refractivity contribution < 1.29 is 4.79 Å². The van der Waals surface area contributed by atoms with E-state index < -0.39 is 0 Å². The lowest BCUT2D eigenvalue weighted by Gasteiger charge is -2.02. The molecule has 0 aliphatic heterocycles. The lowest BCUT2D eigenvalue weighted by atomic mass is 10.1. The Hall–Kier alpha value is -2.05. The summed E-state index contributed by atoms with van der Waals surface area (Å²) in [6, 6.07) is 6.26. The Bertz CT molecular complexity index is 880. The second-order valence-electron chi connectivity index (χ2n) is 5.44. The maximum Gasteiger partial charge on any atom is 0.269 e. The zero-order valence-electron chi connectivity index (χ0n) is 13.4. The predicted octanol–water partition coefficient (Wildman–Crippen LogP) is 4.75. The summed E-state index contributed by atoms with van der Waals surface area (Å²) in [6.07, 6.45) is 0. The van der Waals surface area contributed by atoms with Gasteiger partial charge in [0.15, 0.2) is 5.13 Å². The van der Waals surface area contributed by atoms with Gasteiger partial charge < -0.3 is 0 Å². The molecule has 0 saturated carbocycles. The van der Waals surface area contributed by atoms with Crippen molar-refractivity contribution in [1.82, 2.24) is 9.97 Å². The number of anilines is 1. The lowest BCUT2D eigenvalue weighted by molar-refractivity contribution is 0.103. The van der Waals surface area contributed by atoms with E-state index in [4.69, 9.17) is 0 Å². The number of aryl methyl sites for hydroxylation is 4. The van der Waals surface area contributed by atoms with Crippen LogP contribution in [0, 0.1) is 27.7 Å². The van der Waals surface area contributed by atoms with Crippen LogP contribution < -0.4 is 5.32 Å². The van der Waals surface area contributed by atoms with E-state index in [1.165, 1.54) is 33.8 Å². The number of hydrogen-bond donors (Lipinski definition) is 1. The van der Waals surface area contributed by atoms with Gasteiger partial charge in [0.2, 0.25) is 0 Å². The molecule has 1 N–H and O–H groups in total. The minimum Gasteiger partial charge on any atom is -0.297 e. The zero-order chi connectivity index (χ0) is 16.6. The predicted molar refractivity (Wildman–Crippen MR) is 96.6 cm³/mol. The molecule has 3 rings (SSSR count). The van der Waals surface area contributed by atoms with Crippen molar-refractivity contribution in [2.24, 2.45) is 0 Å². The number of carbonyl (C=O) groups is 1. The first kappa shape index (κ1) is 15.8. The summed E-state index contributed by atoms with van der Waals surface area (Å²) in [7, 11) is 0. The van der Waals surface area contributed by atoms with E-state index in [-0.39, 0.29) is 5.91 Å². The number of aromatic nitrogens is 2. The van der Waals surface area contributed by atoms with E-state index in [0.717, 1.165) is 22.0 Å². The van der Waals surface area contributed by atoms with Crippen LogP contribution in [-0.4, -0.2) is 15.9 Å². The van der Waals surface area contributed by atoms with Gasteiger partial charge in [0.1, 0.15) is 4.88 Å². The van der Waals surface area contributed by atoms with E-state index in [1.807, 2.05) is 19.2 Å². The first-order chi connectivity index (χ1) is 10.9. The molecular formula is C17H17N3OS2. The van der Waals surface area contributed by atoms with Crippen molar-refractivity contribution in [3.63, 3.8) is 0 Å². The Balaban J connectivity index is 1.80. The molecule has 23 heavy (non-hydrogen) atoms. The summed E-state index contributed by atoms with van der Waals surface area (Å²) in [6.45, 7) is 7.92. The maximum absolute atomic E-state index is 12.3. The van der Waals surface area contributed by atoms with Gasteiger partial charge in [-0.25, -0.2) is 9.97 Å². The lowest BCUT2D eigenvalue weighted by Crippen LogP contribution is -2.11. The zero-order valence-corrected chi connectivity index (χ0v) is 15.1. The summed E-state index contributed by atoms with van der Waals surface area (Å²) in [4.78, 5) is 21.8. The number of nitrogens with one attached hydrogen (secondary N) is 1. The number of rotatable bonds is 3. The molecule has 0 radical (unpaired) electrons. The molecule has 1 amide bonds. The number of benzene rings is 1. The van der Waals surface area contributed by atoms with Crippen LogP contribution in [0.3, 0.4) is 0 Å². The molecule has 0 saturated heterocycles. The fraction of sp³-hybridized carbons (Fsp3) is 0.235. The van der Waals surface area contributed by atoms with Gasteiger partial charge in [-0.15, -0.1) is 22.7 Å². The highest BCUT2D eigenvalue weighted by atomic mass is 32.1. The maximum atomic E-state index is 12.3. The minimum atomic E-state index is -0.144. The summed E-state index contributed by atoms with van der Waals surface area (Å²) in [5.41, 5.74) is 5.20. The Morgan fingerprint density at radius 2 is 1.87 bits per heavy atom. The number of nitrogens with zero attached hydrogens (tertiary/aromatic N) is 2. The number of hydrogen-bond acceptors (Lipinski definition) is 5. The van der Waals surface area contributed by atoms with Crippen LogP contribution in [-0.2, 0) is 0 Å². The van der Waals surface area contributed by atoms with Crippen LogP contribution in [0.5, 0.6) is 0 Å². The molecule has 118 valence electrons. The Morgan fingerprint density at radius 1 is 1.09 bits per heavy atom. The molecule has 1 aromatic carbocycles. The van der Waals surface area contributed by atoms with Gasteiger partial charge in [-0.05, 0) is 44.9 Å². The van der Waals surface area contributed by atoms with Crippen molar-refractivity contribution >= 4 is 33.7 Å². The van der Waals surface area contributed by atoms with Crippen molar-refractivity contribution in [1.29, 1.82) is 0 Å². The standard InChI is InChI=1S/C17H17N3OS2/c1-9-5-6-13(7-10(9)2)14-8-22-17(19-14)20-16(21)15-11(3)18-12(4)23-15/h5-8H,1-4H3,(H,19,20,21). The topological polar surface area (TPSA) is 54.9 Å². The highest BCUT2D eigenvalue weighted by Gasteiger charge is 2.15. The molecule has 0 atom stereocenters. The van der Waals surface area contributed by atoms with E-state index in [0.29, 0.717) is 10.0 Å². The van der Waals surface area contributed by atoms with Gasteiger partial charge in [-0.1, -0.05) is 12.1 Å². The Labute approximate surface area is 143 Å². The summed E-state index contributed by atoms with van der Waals surface area (Å²) in [5, 5.41) is 6.33. The summed E-state index contributed by atoms with van der Waals surface area (Å²) >= 11 is 2.83. The van der Waals surface area contributed by atoms with E-state index >= 15 is 0 Å². The summed E-state index contributed by atoms with van der Waals surface area (Å²) < 4.78 is 0. The van der Waals surface area contributed by atoms with Gasteiger partial charge in [-0.2, -0.15) is 0 Å². The third-order valence-corrected chi connectivity index (χ3v) is 5.47. The van der Waals surface area contributed by atoms with Crippen LogP contribution in [0.1, 0.15) is 31.5 Å². The fourth-order valence-electron chi connectivity index (χ4n) is 2.26. The monoisotopic (exact) mass is 343 g/mol. The number of carbonyl (C=O) groups excluding carboxylic acids is 1. The van der Waals surface area contributed by atoms with Crippen LogP contribution >= 0.6 is 22.7 Å². The van der Waals surface area contributed by atoms with Gasteiger partial charge >= 0.3 is 0 Å². The van der Waals surface area contributed by atoms with Crippen molar-refractivity contribution in [3.8, 4) is 11.3 Å². The average Bonchev–Trinajstić information content (AvgIpc) is 3.08. The van der Waals surface area contributed by atoms with Crippen molar-refractivity contribution in [3.05, 3.63) is 50.3 Å². The molecule has 0 aliphatic rings. The first-order valence-electron chi connectivity index (χ1n) is 7.22. The second-order valence-corrected chi connectivity index (χ2v) is 7.50. The Morgan fingerprint density at radius 3 is 2.52 bits per heavy atom. The molecule has 0 fully saturated rings. The van der Waals surface area contributed by atoms with Gasteiger partial charge in [0.05, 0.1) is 16.4 Å². The van der Waals surface area contributed by atoms with Gasteiger partial charge in [0, 0.05) is 10.9 Å². The van der Waals surface area contributed by atoms with E-state index in [1.54, 1.807) is 0 Å².